The van der Waals surface area contributed by atoms with Gasteiger partial charge in [0.15, 0.2) is 5.52 Å². The summed E-state index contributed by atoms with van der Waals surface area (Å²) in [5, 5.41) is 2.94. The molecule has 3 aromatic heterocycles. The minimum Gasteiger partial charge on any atom is -0.324 e. The van der Waals surface area contributed by atoms with Gasteiger partial charge in [0, 0.05) is 24.3 Å². The molecule has 3 heterocycles. The lowest BCUT2D eigenvalue weighted by Gasteiger charge is -2.16. The normalized spacial score (nSPS) is 10.9. The number of pyridine rings is 2. The van der Waals surface area contributed by atoms with E-state index in [4.69, 9.17) is 0 Å². The smallest absolute Gasteiger partial charge is 0.324 e. The van der Waals surface area contributed by atoms with Crippen LogP contribution >= 0.6 is 0 Å². The van der Waals surface area contributed by atoms with E-state index in [1.165, 1.54) is 10.8 Å². The van der Waals surface area contributed by atoms with Gasteiger partial charge < -0.3 is 5.32 Å². The van der Waals surface area contributed by atoms with Crippen molar-refractivity contribution in [3.8, 4) is 0 Å². The number of aromatic nitrogens is 4. The first-order chi connectivity index (χ1) is 15.5. The van der Waals surface area contributed by atoms with E-state index in [0.717, 1.165) is 27.8 Å². The molecule has 0 spiro atoms. The van der Waals surface area contributed by atoms with Crippen molar-refractivity contribution in [1.82, 2.24) is 19.1 Å². The van der Waals surface area contributed by atoms with Gasteiger partial charge in [0.05, 0.1) is 12.1 Å². The SMILES string of the molecule is CCc1cccc(C)c1NC(=O)Cn1c(=O)n(Cc2cccnc2)c(=O)c2ncccc21. The molecule has 4 rings (SSSR count). The maximum Gasteiger partial charge on any atom is 0.332 e. The summed E-state index contributed by atoms with van der Waals surface area (Å²) in [6.45, 7) is 3.74. The molecule has 1 aromatic carbocycles. The predicted octanol–water partition coefficient (Wildman–Crippen LogP) is 2.51. The van der Waals surface area contributed by atoms with Gasteiger partial charge in [-0.05, 0) is 48.2 Å². The van der Waals surface area contributed by atoms with Crippen molar-refractivity contribution in [2.24, 2.45) is 0 Å². The molecule has 32 heavy (non-hydrogen) atoms. The Hall–Kier alpha value is -4.07. The number of nitrogens with one attached hydrogen (secondary N) is 1. The number of amides is 1. The number of rotatable bonds is 6. The lowest BCUT2D eigenvalue weighted by Crippen LogP contribution is -2.42. The first kappa shape index (κ1) is 21.2. The van der Waals surface area contributed by atoms with E-state index < -0.39 is 11.2 Å². The van der Waals surface area contributed by atoms with Crippen molar-refractivity contribution in [2.45, 2.75) is 33.4 Å². The van der Waals surface area contributed by atoms with Gasteiger partial charge in [0.25, 0.3) is 5.56 Å². The second kappa shape index (κ2) is 8.97. The standard InChI is InChI=1S/C24H23N5O3/c1-3-18-9-4-7-16(2)21(18)27-20(30)15-28-19-10-6-12-26-22(19)23(31)29(24(28)32)14-17-8-5-11-25-13-17/h4-13H,3,14-15H2,1-2H3,(H,27,30). The van der Waals surface area contributed by atoms with E-state index in [0.29, 0.717) is 11.1 Å². The highest BCUT2D eigenvalue weighted by molar-refractivity contribution is 5.93. The van der Waals surface area contributed by atoms with Gasteiger partial charge in [0.1, 0.15) is 6.54 Å². The van der Waals surface area contributed by atoms with Crippen LogP contribution in [0.4, 0.5) is 5.69 Å². The first-order valence-corrected chi connectivity index (χ1v) is 10.3. The van der Waals surface area contributed by atoms with Crippen LogP contribution in [-0.4, -0.2) is 25.0 Å². The summed E-state index contributed by atoms with van der Waals surface area (Å²) >= 11 is 0. The van der Waals surface area contributed by atoms with E-state index in [9.17, 15) is 14.4 Å². The van der Waals surface area contributed by atoms with Crippen molar-refractivity contribution in [3.05, 3.63) is 98.6 Å². The molecule has 162 valence electrons. The molecule has 0 saturated carbocycles. The van der Waals surface area contributed by atoms with Gasteiger partial charge in [-0.25, -0.2) is 9.78 Å². The van der Waals surface area contributed by atoms with Crippen LogP contribution in [0.5, 0.6) is 0 Å². The van der Waals surface area contributed by atoms with Gasteiger partial charge >= 0.3 is 5.69 Å². The third-order valence-corrected chi connectivity index (χ3v) is 5.36. The van der Waals surface area contributed by atoms with Crippen LogP contribution in [0.1, 0.15) is 23.6 Å². The van der Waals surface area contributed by atoms with Crippen LogP contribution in [0.2, 0.25) is 0 Å². The van der Waals surface area contributed by atoms with Gasteiger partial charge in [-0.15, -0.1) is 0 Å². The third-order valence-electron chi connectivity index (χ3n) is 5.36. The Morgan fingerprint density at radius 1 is 1.03 bits per heavy atom. The minimum atomic E-state index is -0.574. The number of carbonyl (C=O) groups excluding carboxylic acids is 1. The Bertz CT molecular complexity index is 1410. The average Bonchev–Trinajstić information content (AvgIpc) is 2.81. The molecular formula is C24H23N5O3. The number of carbonyl (C=O) groups is 1. The molecular weight excluding hydrogens is 406 g/mol. The summed E-state index contributed by atoms with van der Waals surface area (Å²) < 4.78 is 2.38. The zero-order valence-electron chi connectivity index (χ0n) is 17.9. The van der Waals surface area contributed by atoms with Crippen molar-refractivity contribution >= 4 is 22.6 Å². The number of fused-ring (bicyclic) bond motifs is 1. The van der Waals surface area contributed by atoms with Gasteiger partial charge in [0.2, 0.25) is 5.91 Å². The zero-order chi connectivity index (χ0) is 22.7. The molecule has 0 aliphatic carbocycles. The number of aryl methyl sites for hydroxylation is 2. The highest BCUT2D eigenvalue weighted by atomic mass is 16.2. The molecule has 0 unspecified atom stereocenters. The number of benzene rings is 1. The molecule has 0 atom stereocenters. The number of hydrogen-bond donors (Lipinski definition) is 1. The quantitative estimate of drug-likeness (QED) is 0.508. The zero-order valence-corrected chi connectivity index (χ0v) is 17.9. The molecule has 0 bridgehead atoms. The van der Waals surface area contributed by atoms with Crippen LogP contribution in [-0.2, 0) is 24.3 Å². The van der Waals surface area contributed by atoms with Gasteiger partial charge in [-0.1, -0.05) is 31.2 Å². The highest BCUT2D eigenvalue weighted by Gasteiger charge is 2.17. The van der Waals surface area contributed by atoms with Crippen LogP contribution in [0.15, 0.2) is 70.6 Å². The number of hydrogen-bond acceptors (Lipinski definition) is 5. The molecule has 8 heteroatoms. The largest absolute Gasteiger partial charge is 0.332 e. The van der Waals surface area contributed by atoms with Crippen LogP contribution in [0, 0.1) is 6.92 Å². The van der Waals surface area contributed by atoms with Crippen LogP contribution in [0.25, 0.3) is 11.0 Å². The van der Waals surface area contributed by atoms with Crippen molar-refractivity contribution < 1.29 is 4.79 Å². The number of para-hydroxylation sites is 1. The molecule has 0 saturated heterocycles. The fourth-order valence-corrected chi connectivity index (χ4v) is 3.73. The maximum absolute atomic E-state index is 13.3. The van der Waals surface area contributed by atoms with Crippen molar-refractivity contribution in [3.63, 3.8) is 0 Å². The minimum absolute atomic E-state index is 0.0391. The molecule has 4 aromatic rings. The lowest BCUT2D eigenvalue weighted by molar-refractivity contribution is -0.116. The lowest BCUT2D eigenvalue weighted by atomic mass is 10.1. The molecule has 0 radical (unpaired) electrons. The number of anilines is 1. The second-order valence-corrected chi connectivity index (χ2v) is 7.50. The Balaban J connectivity index is 1.76. The summed E-state index contributed by atoms with van der Waals surface area (Å²) in [7, 11) is 0. The molecule has 1 N–H and O–H groups in total. The second-order valence-electron chi connectivity index (χ2n) is 7.50. The summed E-state index contributed by atoms with van der Waals surface area (Å²) in [6.07, 6.45) is 5.47. The summed E-state index contributed by atoms with van der Waals surface area (Å²) in [5.41, 5.74) is 2.78. The third kappa shape index (κ3) is 4.07. The molecule has 8 nitrogen and oxygen atoms in total. The fraction of sp³-hybridized carbons (Fsp3) is 0.208. The number of nitrogens with zero attached hydrogens (tertiary/aromatic N) is 4. The summed E-state index contributed by atoms with van der Waals surface area (Å²) in [5.74, 6) is -0.354. The maximum atomic E-state index is 13.3. The van der Waals surface area contributed by atoms with Crippen LogP contribution < -0.4 is 16.6 Å². The first-order valence-electron chi connectivity index (χ1n) is 10.3. The van der Waals surface area contributed by atoms with E-state index >= 15 is 0 Å². The topological polar surface area (TPSA) is 98.9 Å². The van der Waals surface area contributed by atoms with E-state index in [-0.39, 0.29) is 24.5 Å². The van der Waals surface area contributed by atoms with Crippen LogP contribution in [0.3, 0.4) is 0 Å². The van der Waals surface area contributed by atoms with Crippen molar-refractivity contribution in [1.29, 1.82) is 0 Å². The Morgan fingerprint density at radius 3 is 2.59 bits per heavy atom. The highest BCUT2D eigenvalue weighted by Crippen LogP contribution is 2.21. The average molecular weight is 429 g/mol. The van der Waals surface area contributed by atoms with E-state index in [1.54, 1.807) is 36.7 Å². The Labute approximate surface area is 184 Å². The van der Waals surface area contributed by atoms with E-state index in [1.807, 2.05) is 32.0 Å². The van der Waals surface area contributed by atoms with Gasteiger partial charge in [-0.2, -0.15) is 0 Å². The van der Waals surface area contributed by atoms with Gasteiger partial charge in [-0.3, -0.25) is 23.7 Å². The molecule has 0 aliphatic heterocycles. The summed E-state index contributed by atoms with van der Waals surface area (Å²) in [4.78, 5) is 47.4. The Kier molecular flexibility index (Phi) is 5.93. The predicted molar refractivity (Wildman–Crippen MR) is 123 cm³/mol. The fourth-order valence-electron chi connectivity index (χ4n) is 3.73. The molecule has 0 fully saturated rings. The Morgan fingerprint density at radius 2 is 1.84 bits per heavy atom. The molecule has 0 aliphatic rings. The molecule has 1 amide bonds. The monoisotopic (exact) mass is 429 g/mol. The van der Waals surface area contributed by atoms with Crippen molar-refractivity contribution in [2.75, 3.05) is 5.32 Å². The van der Waals surface area contributed by atoms with E-state index in [2.05, 4.69) is 15.3 Å². The summed E-state index contributed by atoms with van der Waals surface area (Å²) in [6, 6.07) is 12.6.